The average molecular weight is 871 g/mol. The molecule has 0 unspecified atom stereocenters. The highest BCUT2D eigenvalue weighted by atomic mass is 32.1. The van der Waals surface area contributed by atoms with E-state index in [1.54, 1.807) is 0 Å². The van der Waals surface area contributed by atoms with E-state index in [-0.39, 0.29) is 0 Å². The zero-order valence-corrected chi connectivity index (χ0v) is 40.6. The summed E-state index contributed by atoms with van der Waals surface area (Å²) in [6, 6.07) is 46.1. The molecule has 0 saturated heterocycles. The van der Waals surface area contributed by atoms with Crippen molar-refractivity contribution in [3.8, 4) is 22.3 Å². The summed E-state index contributed by atoms with van der Waals surface area (Å²) in [6.45, 7) is 22.4. The van der Waals surface area contributed by atoms with Crippen LogP contribution < -0.4 is 0 Å². The van der Waals surface area contributed by atoms with Crippen molar-refractivity contribution < 1.29 is 0 Å². The third-order valence-corrected chi connectivity index (χ3v) is 15.8. The molecule has 6 aromatic carbocycles. The molecule has 61 heavy (non-hydrogen) atoms. The molecule has 0 radical (unpaired) electrons. The van der Waals surface area contributed by atoms with Crippen LogP contribution in [0.5, 0.6) is 0 Å². The normalized spacial score (nSPS) is 11.2. The topological polar surface area (TPSA) is 0 Å². The summed E-state index contributed by atoms with van der Waals surface area (Å²) in [6.07, 6.45) is 0. The van der Waals surface area contributed by atoms with Gasteiger partial charge in [0.1, 0.15) is 0 Å². The summed E-state index contributed by atoms with van der Waals surface area (Å²) < 4.78 is 5.72. The van der Waals surface area contributed by atoms with E-state index in [1.807, 2.05) is 45.3 Å². The van der Waals surface area contributed by atoms with Crippen LogP contribution in [-0.2, 0) is 0 Å². The van der Waals surface area contributed by atoms with Crippen LogP contribution in [0.2, 0.25) is 0 Å². The lowest BCUT2D eigenvalue weighted by Crippen LogP contribution is -1.94. The van der Waals surface area contributed by atoms with Crippen molar-refractivity contribution in [2.75, 3.05) is 0 Å². The Morgan fingerprint density at radius 1 is 0.361 bits per heavy atom. The van der Waals surface area contributed by atoms with Crippen molar-refractivity contribution in [2.24, 2.45) is 0 Å². The minimum absolute atomic E-state index is 0.564. The van der Waals surface area contributed by atoms with Crippen molar-refractivity contribution in [1.82, 2.24) is 0 Å². The highest BCUT2D eigenvalue weighted by molar-refractivity contribution is 7.18. The average Bonchev–Trinajstić information content (AvgIpc) is 4.10. The Hall–Kier alpha value is -4.84. The molecule has 0 atom stereocenters. The maximum atomic E-state index is 2.38. The van der Waals surface area contributed by atoms with E-state index in [4.69, 9.17) is 0 Å². The van der Waals surface area contributed by atoms with Crippen LogP contribution in [0.15, 0.2) is 149 Å². The molecular weight excluding hydrogens is 813 g/mol. The van der Waals surface area contributed by atoms with Crippen molar-refractivity contribution in [3.05, 3.63) is 188 Å². The number of hydrogen-bond acceptors (Lipinski definition) is 4. The van der Waals surface area contributed by atoms with Gasteiger partial charge in [0.15, 0.2) is 0 Å². The van der Waals surface area contributed by atoms with Gasteiger partial charge in [0.25, 0.3) is 0 Å². The molecule has 0 N–H and O–H groups in total. The third kappa shape index (κ3) is 9.95. The maximum absolute atomic E-state index is 2.38. The minimum Gasteiger partial charge on any atom is -0.144 e. The summed E-state index contributed by atoms with van der Waals surface area (Å²) >= 11 is 7.36. The third-order valence-electron chi connectivity index (χ3n) is 11.6. The van der Waals surface area contributed by atoms with E-state index in [9.17, 15) is 0 Å². The van der Waals surface area contributed by atoms with Gasteiger partial charge in [-0.3, -0.25) is 0 Å². The lowest BCUT2D eigenvalue weighted by Gasteiger charge is -2.14. The van der Waals surface area contributed by atoms with Gasteiger partial charge in [0, 0.05) is 29.6 Å². The van der Waals surface area contributed by atoms with Gasteiger partial charge in [0.2, 0.25) is 0 Å². The first kappa shape index (κ1) is 44.2. The number of benzene rings is 6. The standard InChI is InChI=1S/C18H18S.C15H12S.2C12H14S/c1-12(2)16-11-17(14-7-5-4-6-8-14)15-9-10-19-18(15)13(16)3;1-11-7-8-13(12-5-3-2-4-6-12)14-9-10-16-15(11)14;1-8(2)11-6-9(3)12-10(7-11)4-5-13-12;1-8(2)11-5-4-10-6-7-13-12(10)9(11)3/h4-12H,1-3H3;2-10H,1H3;2*4-8H,1-3H3. The Kier molecular flexibility index (Phi) is 14.4. The summed E-state index contributed by atoms with van der Waals surface area (Å²) in [4.78, 5) is 0. The van der Waals surface area contributed by atoms with E-state index in [1.165, 1.54) is 102 Å². The molecular formula is C57H58S4. The van der Waals surface area contributed by atoms with Crippen LogP contribution in [0.4, 0.5) is 0 Å². The van der Waals surface area contributed by atoms with Gasteiger partial charge < -0.3 is 0 Å². The monoisotopic (exact) mass is 870 g/mol. The molecule has 4 heteroatoms. The number of aryl methyl sites for hydroxylation is 4. The molecule has 0 spiro atoms. The van der Waals surface area contributed by atoms with Crippen LogP contribution in [0, 0.1) is 27.7 Å². The molecule has 10 rings (SSSR count). The molecule has 0 saturated carbocycles. The predicted molar refractivity (Wildman–Crippen MR) is 279 cm³/mol. The highest BCUT2D eigenvalue weighted by Gasteiger charge is 2.14. The van der Waals surface area contributed by atoms with Crippen LogP contribution in [0.1, 0.15) is 98.2 Å². The Morgan fingerprint density at radius 3 is 1.51 bits per heavy atom. The van der Waals surface area contributed by atoms with Crippen LogP contribution in [-0.4, -0.2) is 0 Å². The zero-order valence-electron chi connectivity index (χ0n) is 37.3. The first-order valence-corrected chi connectivity index (χ1v) is 25.0. The lowest BCUT2D eigenvalue weighted by molar-refractivity contribution is 0.860. The molecule has 0 bridgehead atoms. The van der Waals surface area contributed by atoms with Gasteiger partial charge in [-0.25, -0.2) is 0 Å². The summed E-state index contributed by atoms with van der Waals surface area (Å²) in [5.41, 5.74) is 15.4. The molecule has 310 valence electrons. The first-order chi connectivity index (χ1) is 29.4. The molecule has 0 aliphatic rings. The van der Waals surface area contributed by atoms with Crippen LogP contribution in [0.25, 0.3) is 62.6 Å². The SMILES string of the molecule is Cc1c(C(C)C)cc(-c2ccccc2)c2ccsc12.Cc1c(C(C)C)ccc2ccsc12.Cc1cc(C(C)C)cc2ccsc12.Cc1ccc(-c2ccccc2)c2ccsc12. The Balaban J connectivity index is 0.000000124. The van der Waals surface area contributed by atoms with Crippen molar-refractivity contribution in [2.45, 2.75) is 87.0 Å². The highest BCUT2D eigenvalue weighted by Crippen LogP contribution is 2.39. The number of hydrogen-bond donors (Lipinski definition) is 0. The van der Waals surface area contributed by atoms with Crippen molar-refractivity contribution >= 4 is 85.7 Å². The minimum atomic E-state index is 0.564. The van der Waals surface area contributed by atoms with Gasteiger partial charge in [-0.05, 0) is 169 Å². The van der Waals surface area contributed by atoms with Crippen LogP contribution in [0.3, 0.4) is 0 Å². The Bertz CT molecular complexity index is 2980. The van der Waals surface area contributed by atoms with E-state index < -0.39 is 0 Å². The fourth-order valence-electron chi connectivity index (χ4n) is 8.25. The van der Waals surface area contributed by atoms with Crippen molar-refractivity contribution in [1.29, 1.82) is 0 Å². The predicted octanol–water partition coefficient (Wildman–Crippen LogP) is 19.5. The number of fused-ring (bicyclic) bond motifs is 4. The van der Waals surface area contributed by atoms with E-state index >= 15 is 0 Å². The Labute approximate surface area is 380 Å². The zero-order chi connectivity index (χ0) is 43.2. The lowest BCUT2D eigenvalue weighted by atomic mass is 9.91. The fourth-order valence-corrected chi connectivity index (χ4v) is 11.9. The van der Waals surface area contributed by atoms with Gasteiger partial charge >= 0.3 is 0 Å². The maximum Gasteiger partial charge on any atom is 0.0380 e. The van der Waals surface area contributed by atoms with Gasteiger partial charge in [0.05, 0.1) is 0 Å². The van der Waals surface area contributed by atoms with Crippen molar-refractivity contribution in [3.63, 3.8) is 0 Å². The number of rotatable bonds is 5. The van der Waals surface area contributed by atoms with E-state index in [0.717, 1.165) is 0 Å². The smallest absolute Gasteiger partial charge is 0.0380 e. The van der Waals surface area contributed by atoms with E-state index in [2.05, 4.69) is 218 Å². The molecule has 0 fully saturated rings. The molecule has 0 amide bonds. The Morgan fingerprint density at radius 2 is 0.885 bits per heavy atom. The quantitative estimate of drug-likeness (QED) is 0.162. The summed E-state index contributed by atoms with van der Waals surface area (Å²) in [5, 5.41) is 14.2. The second-order valence-electron chi connectivity index (χ2n) is 16.9. The summed E-state index contributed by atoms with van der Waals surface area (Å²) in [7, 11) is 0. The van der Waals surface area contributed by atoms with Crippen LogP contribution >= 0.6 is 45.3 Å². The molecule has 4 heterocycles. The molecule has 4 aromatic heterocycles. The van der Waals surface area contributed by atoms with Gasteiger partial charge in [-0.1, -0.05) is 139 Å². The second-order valence-corrected chi connectivity index (χ2v) is 20.6. The second kappa shape index (κ2) is 19.9. The van der Waals surface area contributed by atoms with E-state index in [0.29, 0.717) is 17.8 Å². The number of thiophene rings is 4. The molecule has 0 nitrogen and oxygen atoms in total. The molecule has 0 aliphatic heterocycles. The van der Waals surface area contributed by atoms with Gasteiger partial charge in [-0.15, -0.1) is 45.3 Å². The summed E-state index contributed by atoms with van der Waals surface area (Å²) in [5.74, 6) is 1.82. The first-order valence-electron chi connectivity index (χ1n) is 21.5. The molecule has 0 aliphatic carbocycles. The fraction of sp³-hybridized carbons (Fsp3) is 0.228. The largest absolute Gasteiger partial charge is 0.144 e. The molecule has 10 aromatic rings. The van der Waals surface area contributed by atoms with Gasteiger partial charge in [-0.2, -0.15) is 0 Å².